The van der Waals surface area contributed by atoms with E-state index in [4.69, 9.17) is 4.74 Å². The van der Waals surface area contributed by atoms with Gasteiger partial charge in [0.1, 0.15) is 6.10 Å². The molecule has 6 rings (SSSR count). The first-order valence-corrected chi connectivity index (χ1v) is 10.2. The van der Waals surface area contributed by atoms with Gasteiger partial charge in [-0.15, -0.1) is 0 Å². The molecule has 140 valence electrons. The summed E-state index contributed by atoms with van der Waals surface area (Å²) in [4.78, 5) is 2.53. The van der Waals surface area contributed by atoms with Gasteiger partial charge in [0.2, 0.25) is 0 Å². The lowest BCUT2D eigenvalue weighted by Crippen LogP contribution is -2.77. The summed E-state index contributed by atoms with van der Waals surface area (Å²) in [6, 6.07) is 3.80. The van der Waals surface area contributed by atoms with Crippen LogP contribution < -0.4 is 4.74 Å². The SMILES string of the molecule is Oc1ccc2c3c1O[C@@H]1[C@@H](O)CC[C@@]4(O)[C@@H](C2)N(CC2CCC2)CC[C@]314. The van der Waals surface area contributed by atoms with Gasteiger partial charge in [-0.25, -0.2) is 0 Å². The third kappa shape index (κ3) is 1.64. The van der Waals surface area contributed by atoms with Crippen LogP contribution in [0.25, 0.3) is 0 Å². The van der Waals surface area contributed by atoms with Crippen molar-refractivity contribution in [3.8, 4) is 11.5 Å². The molecule has 0 amide bonds. The highest BCUT2D eigenvalue weighted by molar-refractivity contribution is 5.62. The number of aliphatic hydroxyl groups excluding tert-OH is 1. The Morgan fingerprint density at radius 1 is 1.19 bits per heavy atom. The van der Waals surface area contributed by atoms with Crippen molar-refractivity contribution < 1.29 is 20.1 Å². The highest BCUT2D eigenvalue weighted by Gasteiger charge is 2.72. The Morgan fingerprint density at radius 2 is 2.04 bits per heavy atom. The molecule has 5 nitrogen and oxygen atoms in total. The van der Waals surface area contributed by atoms with Crippen molar-refractivity contribution in [2.24, 2.45) is 5.92 Å². The molecule has 2 heterocycles. The topological polar surface area (TPSA) is 73.2 Å². The average Bonchev–Trinajstić information content (AvgIpc) is 2.93. The molecule has 2 bridgehead atoms. The van der Waals surface area contributed by atoms with Crippen LogP contribution >= 0.6 is 0 Å². The van der Waals surface area contributed by atoms with E-state index in [-0.39, 0.29) is 11.8 Å². The molecule has 2 aliphatic heterocycles. The van der Waals surface area contributed by atoms with E-state index >= 15 is 0 Å². The zero-order valence-electron chi connectivity index (χ0n) is 15.0. The van der Waals surface area contributed by atoms with Gasteiger partial charge in [0.15, 0.2) is 11.5 Å². The van der Waals surface area contributed by atoms with Crippen molar-refractivity contribution in [1.82, 2.24) is 4.90 Å². The van der Waals surface area contributed by atoms with Gasteiger partial charge in [-0.05, 0) is 62.6 Å². The van der Waals surface area contributed by atoms with Crippen LogP contribution in [0, 0.1) is 5.92 Å². The summed E-state index contributed by atoms with van der Waals surface area (Å²) in [6.45, 7) is 2.02. The van der Waals surface area contributed by atoms with Gasteiger partial charge in [0.25, 0.3) is 0 Å². The van der Waals surface area contributed by atoms with E-state index in [1.165, 1.54) is 24.8 Å². The highest BCUT2D eigenvalue weighted by atomic mass is 16.5. The molecule has 3 fully saturated rings. The normalized spacial score (nSPS) is 43.5. The number of rotatable bonds is 2. The minimum absolute atomic E-state index is 0.0819. The van der Waals surface area contributed by atoms with Gasteiger partial charge < -0.3 is 20.1 Å². The van der Waals surface area contributed by atoms with E-state index in [1.54, 1.807) is 6.07 Å². The predicted molar refractivity (Wildman–Crippen MR) is 95.4 cm³/mol. The second-order valence-electron chi connectivity index (χ2n) is 9.25. The lowest BCUT2D eigenvalue weighted by molar-refractivity contribution is -0.209. The molecule has 5 aliphatic rings. The molecule has 3 N–H and O–H groups in total. The van der Waals surface area contributed by atoms with Crippen LogP contribution in [-0.4, -0.2) is 57.2 Å². The highest BCUT2D eigenvalue weighted by Crippen LogP contribution is 2.65. The Balaban J connectivity index is 1.52. The van der Waals surface area contributed by atoms with Crippen molar-refractivity contribution in [2.75, 3.05) is 13.1 Å². The van der Waals surface area contributed by atoms with E-state index < -0.39 is 23.2 Å². The quantitative estimate of drug-likeness (QED) is 0.751. The standard InChI is InChI=1S/C21H27NO4/c23-14-5-4-13-10-16-21(25)7-6-15(24)19-20(21,17(13)18(14)26-19)8-9-22(16)11-12-2-1-3-12/h4-5,12,15-16,19,23-25H,1-3,6-11H2/t15-,16+,19+,20-,21+/m0/s1. The van der Waals surface area contributed by atoms with Gasteiger partial charge in [-0.3, -0.25) is 4.90 Å². The van der Waals surface area contributed by atoms with Crippen LogP contribution in [0.5, 0.6) is 11.5 Å². The molecule has 0 unspecified atom stereocenters. The van der Waals surface area contributed by atoms with E-state index in [0.29, 0.717) is 18.6 Å². The Morgan fingerprint density at radius 3 is 2.81 bits per heavy atom. The number of phenols is 1. The number of hydrogen-bond donors (Lipinski definition) is 3. The first-order chi connectivity index (χ1) is 12.5. The van der Waals surface area contributed by atoms with E-state index in [1.807, 2.05) is 6.07 Å². The second kappa shape index (κ2) is 4.94. The van der Waals surface area contributed by atoms with Gasteiger partial charge >= 0.3 is 0 Å². The molecule has 3 aliphatic carbocycles. The third-order valence-electron chi connectivity index (χ3n) is 8.26. The molecular weight excluding hydrogens is 330 g/mol. The minimum atomic E-state index is -0.884. The van der Waals surface area contributed by atoms with Gasteiger partial charge in [-0.1, -0.05) is 12.5 Å². The zero-order valence-corrected chi connectivity index (χ0v) is 15.0. The summed E-state index contributed by atoms with van der Waals surface area (Å²) in [6.07, 6.45) is 5.68. The lowest BCUT2D eigenvalue weighted by atomic mass is 9.48. The number of piperidine rings is 1. The molecule has 26 heavy (non-hydrogen) atoms. The van der Waals surface area contributed by atoms with E-state index in [2.05, 4.69) is 4.90 Å². The smallest absolute Gasteiger partial charge is 0.165 e. The van der Waals surface area contributed by atoms with E-state index in [0.717, 1.165) is 37.4 Å². The number of aliphatic hydroxyl groups is 2. The third-order valence-corrected chi connectivity index (χ3v) is 8.26. The molecule has 5 atom stereocenters. The maximum atomic E-state index is 12.1. The molecule has 0 radical (unpaired) electrons. The Bertz CT molecular complexity index is 778. The lowest BCUT2D eigenvalue weighted by Gasteiger charge is -2.64. The minimum Gasteiger partial charge on any atom is -0.504 e. The molecule has 1 aromatic rings. The van der Waals surface area contributed by atoms with Crippen LogP contribution in [0.4, 0.5) is 0 Å². The number of likely N-dealkylation sites (tertiary alicyclic amines) is 1. The second-order valence-corrected chi connectivity index (χ2v) is 9.25. The fourth-order valence-corrected chi connectivity index (χ4v) is 6.83. The fraction of sp³-hybridized carbons (Fsp3) is 0.714. The number of hydrogen-bond acceptors (Lipinski definition) is 5. The molecule has 1 spiro atoms. The Hall–Kier alpha value is -1.30. The number of benzene rings is 1. The molecule has 2 saturated carbocycles. The summed E-state index contributed by atoms with van der Waals surface area (Å²) in [5.74, 6) is 1.42. The van der Waals surface area contributed by atoms with Crippen LogP contribution in [0.3, 0.4) is 0 Å². The van der Waals surface area contributed by atoms with Crippen molar-refractivity contribution in [1.29, 1.82) is 0 Å². The number of phenolic OH excluding ortho intramolecular Hbond substituents is 1. The first-order valence-electron chi connectivity index (χ1n) is 10.2. The molecule has 5 heteroatoms. The zero-order chi connectivity index (χ0) is 17.7. The van der Waals surface area contributed by atoms with Crippen molar-refractivity contribution in [3.63, 3.8) is 0 Å². The van der Waals surface area contributed by atoms with Crippen molar-refractivity contribution >= 4 is 0 Å². The largest absolute Gasteiger partial charge is 0.504 e. The van der Waals surface area contributed by atoms with Gasteiger partial charge in [0.05, 0.1) is 17.1 Å². The summed E-state index contributed by atoms with van der Waals surface area (Å²) < 4.78 is 6.16. The van der Waals surface area contributed by atoms with Crippen LogP contribution in [0.2, 0.25) is 0 Å². The first kappa shape index (κ1) is 15.7. The summed E-state index contributed by atoms with van der Waals surface area (Å²) >= 11 is 0. The molecule has 1 aromatic carbocycles. The Kier molecular flexibility index (Phi) is 2.99. The maximum absolute atomic E-state index is 12.1. The summed E-state index contributed by atoms with van der Waals surface area (Å²) in [5, 5.41) is 33.2. The maximum Gasteiger partial charge on any atom is 0.165 e. The number of aromatic hydroxyl groups is 1. The molecular formula is C21H27NO4. The Labute approximate surface area is 153 Å². The predicted octanol–water partition coefficient (Wildman–Crippen LogP) is 1.71. The monoisotopic (exact) mass is 357 g/mol. The summed E-state index contributed by atoms with van der Waals surface area (Å²) in [7, 11) is 0. The average molecular weight is 357 g/mol. The van der Waals surface area contributed by atoms with Gasteiger partial charge in [0, 0.05) is 18.2 Å². The number of nitrogens with zero attached hydrogens (tertiary/aromatic N) is 1. The van der Waals surface area contributed by atoms with Crippen molar-refractivity contribution in [2.45, 2.75) is 74.2 Å². The van der Waals surface area contributed by atoms with E-state index in [9.17, 15) is 15.3 Å². The fourth-order valence-electron chi connectivity index (χ4n) is 6.83. The van der Waals surface area contributed by atoms with Crippen LogP contribution in [0.15, 0.2) is 12.1 Å². The van der Waals surface area contributed by atoms with Crippen LogP contribution in [0.1, 0.15) is 49.7 Å². The summed E-state index contributed by atoms with van der Waals surface area (Å²) in [5.41, 5.74) is 0.712. The van der Waals surface area contributed by atoms with Crippen molar-refractivity contribution in [3.05, 3.63) is 23.3 Å². The molecule has 0 aromatic heterocycles. The van der Waals surface area contributed by atoms with Crippen LogP contribution in [-0.2, 0) is 11.8 Å². The number of ether oxygens (including phenoxy) is 1. The van der Waals surface area contributed by atoms with Gasteiger partial charge in [-0.2, -0.15) is 0 Å². The molecule has 1 saturated heterocycles.